The Balaban J connectivity index is 1.76. The Kier molecular flexibility index (Phi) is 4.37. The molecule has 3 aromatic rings. The van der Waals surface area contributed by atoms with Crippen molar-refractivity contribution in [2.75, 3.05) is 36.1 Å². The van der Waals surface area contributed by atoms with Gasteiger partial charge in [0.15, 0.2) is 11.6 Å². The van der Waals surface area contributed by atoms with Crippen LogP contribution < -0.4 is 20.7 Å². The highest BCUT2D eigenvalue weighted by Gasteiger charge is 2.09. The summed E-state index contributed by atoms with van der Waals surface area (Å²) in [5.74, 6) is -2.07. The number of anilines is 5. The minimum Gasteiger partial charge on any atom is -0.491 e. The highest BCUT2D eigenvalue weighted by Crippen LogP contribution is 2.23. The number of halogens is 1. The Bertz CT molecular complexity index is 1410. The Hall–Kier alpha value is -3.98. The first-order chi connectivity index (χ1) is 18.5. The van der Waals surface area contributed by atoms with Gasteiger partial charge in [-0.25, -0.2) is 9.37 Å². The van der Waals surface area contributed by atoms with Crippen molar-refractivity contribution >= 4 is 34.7 Å². The standard InChI is InChI=1S/C22H22FN5O3/c1-3-20(29)25-16-5-4-6-17(13-16)26-21-19(23)14-24-22(28-21)27-15-7-9-18(10-8-15)31-12-11-30-2/h3-10,13-14H,1,11-12H2,2H3,(H,25,29)(H2,24,26,27,28)/i2D3,4D,11D2,12D2,13D. The highest BCUT2D eigenvalue weighted by atomic mass is 19.1. The van der Waals surface area contributed by atoms with Crippen LogP contribution in [-0.4, -0.2) is 36.0 Å². The lowest BCUT2D eigenvalue weighted by atomic mass is 10.2. The summed E-state index contributed by atoms with van der Waals surface area (Å²) < 4.78 is 91.5. The predicted octanol–water partition coefficient (Wildman–Crippen LogP) is 4.25. The molecule has 31 heavy (non-hydrogen) atoms. The Morgan fingerprint density at radius 3 is 2.81 bits per heavy atom. The molecule has 0 bridgehead atoms. The third kappa shape index (κ3) is 6.51. The molecule has 0 spiro atoms. The number of methoxy groups -OCH3 is 1. The monoisotopic (exact) mass is 432 g/mol. The number of carbonyl (C=O) groups excluding carboxylic acids is 1. The van der Waals surface area contributed by atoms with Gasteiger partial charge in [0.05, 0.1) is 25.1 Å². The Labute approximate surface area is 191 Å². The summed E-state index contributed by atoms with van der Waals surface area (Å²) in [4.78, 5) is 19.5. The molecule has 0 radical (unpaired) electrons. The van der Waals surface area contributed by atoms with Crippen LogP contribution in [0, 0.1) is 5.82 Å². The van der Waals surface area contributed by atoms with Gasteiger partial charge in [-0.2, -0.15) is 4.98 Å². The normalized spacial score (nSPS) is 15.8. The summed E-state index contributed by atoms with van der Waals surface area (Å²) in [5, 5.41) is 7.77. The number of amides is 1. The van der Waals surface area contributed by atoms with E-state index >= 15 is 0 Å². The smallest absolute Gasteiger partial charge is 0.247 e. The maximum absolute atomic E-state index is 14.5. The molecular weight excluding hydrogens is 401 g/mol. The number of benzene rings is 2. The summed E-state index contributed by atoms with van der Waals surface area (Å²) in [5.41, 5.74) is 0.307. The van der Waals surface area contributed by atoms with Crippen molar-refractivity contribution in [3.05, 3.63) is 73.2 Å². The average molecular weight is 433 g/mol. The summed E-state index contributed by atoms with van der Waals surface area (Å²) in [7, 11) is -3.20. The van der Waals surface area contributed by atoms with E-state index in [1.165, 1.54) is 36.4 Å². The van der Waals surface area contributed by atoms with Gasteiger partial charge in [0, 0.05) is 24.1 Å². The van der Waals surface area contributed by atoms with Crippen molar-refractivity contribution in [2.24, 2.45) is 0 Å². The molecule has 0 aliphatic rings. The van der Waals surface area contributed by atoms with Crippen LogP contribution in [0.15, 0.2) is 67.3 Å². The molecule has 0 aliphatic carbocycles. The van der Waals surface area contributed by atoms with Gasteiger partial charge in [0.25, 0.3) is 0 Å². The molecule has 3 rings (SSSR count). The maximum Gasteiger partial charge on any atom is 0.247 e. The van der Waals surface area contributed by atoms with E-state index in [0.717, 1.165) is 12.3 Å². The quantitative estimate of drug-likeness (QED) is 0.412. The summed E-state index contributed by atoms with van der Waals surface area (Å²) in [6, 6.07) is 7.43. The molecule has 0 saturated heterocycles. The van der Waals surface area contributed by atoms with Gasteiger partial charge in [-0.05, 0) is 48.5 Å². The summed E-state index contributed by atoms with van der Waals surface area (Å²) in [6.07, 6.45) is 1.85. The van der Waals surface area contributed by atoms with Crippen LogP contribution in [0.2, 0.25) is 0 Å². The summed E-state index contributed by atoms with van der Waals surface area (Å²) >= 11 is 0. The van der Waals surface area contributed by atoms with Gasteiger partial charge in [-0.15, -0.1) is 0 Å². The molecule has 3 N–H and O–H groups in total. The first-order valence-electron chi connectivity index (χ1n) is 13.1. The molecule has 0 aliphatic heterocycles. The van der Waals surface area contributed by atoms with Crippen molar-refractivity contribution in [1.29, 1.82) is 0 Å². The first-order valence-corrected chi connectivity index (χ1v) is 8.60. The van der Waals surface area contributed by atoms with E-state index in [2.05, 4.69) is 37.2 Å². The molecule has 1 aromatic heterocycles. The zero-order valence-electron chi connectivity index (χ0n) is 24.8. The lowest BCUT2D eigenvalue weighted by Crippen LogP contribution is -2.07. The van der Waals surface area contributed by atoms with Crippen LogP contribution in [0.4, 0.5) is 33.2 Å². The zero-order valence-corrected chi connectivity index (χ0v) is 15.8. The minimum atomic E-state index is -3.31. The van der Waals surface area contributed by atoms with Crippen molar-refractivity contribution < 1.29 is 31.0 Å². The second kappa shape index (κ2) is 10.7. The fraction of sp³-hybridized carbons (Fsp3) is 0.136. The topological polar surface area (TPSA) is 97.4 Å². The van der Waals surface area contributed by atoms with E-state index in [0.29, 0.717) is 5.69 Å². The average Bonchev–Trinajstić information content (AvgIpc) is 2.83. The largest absolute Gasteiger partial charge is 0.491 e. The molecule has 1 heterocycles. The zero-order chi connectivity index (χ0) is 29.9. The fourth-order valence-corrected chi connectivity index (χ4v) is 2.22. The van der Waals surface area contributed by atoms with Crippen molar-refractivity contribution in [3.8, 4) is 5.75 Å². The number of nitrogens with zero attached hydrogens (tertiary/aromatic N) is 2. The summed E-state index contributed by atoms with van der Waals surface area (Å²) in [6.45, 7) is -3.15. The van der Waals surface area contributed by atoms with Gasteiger partial charge in [0.1, 0.15) is 12.3 Å². The molecule has 8 nitrogen and oxygen atoms in total. The Morgan fingerprint density at radius 1 is 1.23 bits per heavy atom. The maximum atomic E-state index is 14.5. The predicted molar refractivity (Wildman–Crippen MR) is 118 cm³/mol. The van der Waals surface area contributed by atoms with Gasteiger partial charge in [-0.3, -0.25) is 4.79 Å². The number of carbonyl (C=O) groups is 1. The molecule has 2 aromatic carbocycles. The number of rotatable bonds is 10. The first kappa shape index (κ1) is 12.7. The lowest BCUT2D eigenvalue weighted by Gasteiger charge is -2.11. The third-order valence-electron chi connectivity index (χ3n) is 3.54. The number of hydrogen-bond donors (Lipinski definition) is 3. The van der Waals surface area contributed by atoms with Gasteiger partial charge >= 0.3 is 0 Å². The Morgan fingerprint density at radius 2 is 2.03 bits per heavy atom. The number of nitrogens with one attached hydrogen (secondary N) is 3. The molecule has 0 unspecified atom stereocenters. The fourth-order valence-electron chi connectivity index (χ4n) is 2.22. The van der Waals surface area contributed by atoms with E-state index in [1.54, 1.807) is 0 Å². The lowest BCUT2D eigenvalue weighted by molar-refractivity contribution is -0.111. The van der Waals surface area contributed by atoms with Gasteiger partial charge in [-0.1, -0.05) is 12.6 Å². The number of ether oxygens (including phenoxy) is 2. The van der Waals surface area contributed by atoms with E-state index < -0.39 is 31.9 Å². The van der Waals surface area contributed by atoms with E-state index in [-0.39, 0.29) is 41.0 Å². The molecular formula is C22H22FN5O3. The highest BCUT2D eigenvalue weighted by molar-refractivity contribution is 5.99. The second-order valence-corrected chi connectivity index (χ2v) is 5.67. The van der Waals surface area contributed by atoms with Crippen molar-refractivity contribution in [1.82, 2.24) is 9.97 Å². The van der Waals surface area contributed by atoms with Crippen molar-refractivity contribution in [2.45, 2.75) is 0 Å². The molecule has 0 atom stereocenters. The minimum absolute atomic E-state index is 0.00237. The van der Waals surface area contributed by atoms with Crippen LogP contribution in [-0.2, 0) is 9.53 Å². The van der Waals surface area contributed by atoms with E-state index in [1.807, 2.05) is 0 Å². The van der Waals surface area contributed by atoms with Crippen LogP contribution in [0.5, 0.6) is 5.75 Å². The number of hydrogen-bond acceptors (Lipinski definition) is 7. The van der Waals surface area contributed by atoms with Crippen LogP contribution >= 0.6 is 0 Å². The molecule has 0 fully saturated rings. The molecule has 1 amide bonds. The van der Waals surface area contributed by atoms with Crippen molar-refractivity contribution in [3.63, 3.8) is 0 Å². The van der Waals surface area contributed by atoms with Crippen LogP contribution in [0.3, 0.4) is 0 Å². The molecule has 9 heteroatoms. The van der Waals surface area contributed by atoms with Crippen LogP contribution in [0.25, 0.3) is 0 Å². The van der Waals surface area contributed by atoms with Crippen LogP contribution in [0.1, 0.15) is 12.3 Å². The third-order valence-corrected chi connectivity index (χ3v) is 3.54. The van der Waals surface area contributed by atoms with Gasteiger partial charge in [0.2, 0.25) is 11.9 Å². The number of aromatic nitrogens is 2. The molecule has 160 valence electrons. The van der Waals surface area contributed by atoms with E-state index in [9.17, 15) is 9.18 Å². The molecule has 0 saturated carbocycles. The van der Waals surface area contributed by atoms with E-state index in [4.69, 9.17) is 17.1 Å². The van der Waals surface area contributed by atoms with Gasteiger partial charge < -0.3 is 25.4 Å². The second-order valence-electron chi connectivity index (χ2n) is 5.67. The SMILES string of the molecule is [2H]c1cc(NC(=O)C=C)c([2H])c(Nc2nc(Nc3ccc(OC([2H])([2H])C([2H])([2H])OC([2H])([2H])[2H])cc3)ncc2F)c1.